The standard InChI is InChI=1S/C20H23N3O4/c1-3-8-17(20(26)27-2)23-19(25)14-10-5-7-12-16(14)22-18(24)13-9-4-6-11-15(13)21/h4-7,9-12,17H,3,8,21H2,1-2H3,(H,22,24)(H,23,25). The fourth-order valence-electron chi connectivity index (χ4n) is 2.60. The van der Waals surface area contributed by atoms with Crippen molar-refractivity contribution in [3.05, 3.63) is 59.7 Å². The molecule has 2 aromatic rings. The molecule has 0 heterocycles. The van der Waals surface area contributed by atoms with E-state index in [0.29, 0.717) is 29.8 Å². The molecule has 0 bridgehead atoms. The molecule has 0 aliphatic rings. The fraction of sp³-hybridized carbons (Fsp3) is 0.250. The quantitative estimate of drug-likeness (QED) is 0.513. The monoisotopic (exact) mass is 369 g/mol. The number of anilines is 2. The van der Waals surface area contributed by atoms with Crippen LogP contribution in [0.15, 0.2) is 48.5 Å². The number of nitrogen functional groups attached to an aromatic ring is 1. The summed E-state index contributed by atoms with van der Waals surface area (Å²) in [7, 11) is 1.27. The van der Waals surface area contributed by atoms with Gasteiger partial charge in [0.1, 0.15) is 6.04 Å². The third-order valence-electron chi connectivity index (χ3n) is 3.99. The van der Waals surface area contributed by atoms with Gasteiger partial charge in [-0.05, 0) is 30.7 Å². The maximum absolute atomic E-state index is 12.7. The minimum absolute atomic E-state index is 0.241. The highest BCUT2D eigenvalue weighted by atomic mass is 16.5. The van der Waals surface area contributed by atoms with Gasteiger partial charge in [0.15, 0.2) is 0 Å². The summed E-state index contributed by atoms with van der Waals surface area (Å²) >= 11 is 0. The lowest BCUT2D eigenvalue weighted by Crippen LogP contribution is -2.41. The first-order valence-electron chi connectivity index (χ1n) is 8.61. The van der Waals surface area contributed by atoms with Crippen LogP contribution in [0.25, 0.3) is 0 Å². The molecule has 142 valence electrons. The lowest BCUT2D eigenvalue weighted by atomic mass is 10.1. The lowest BCUT2D eigenvalue weighted by molar-refractivity contribution is -0.143. The minimum atomic E-state index is -0.749. The smallest absolute Gasteiger partial charge is 0.328 e. The first-order chi connectivity index (χ1) is 13.0. The van der Waals surface area contributed by atoms with Crippen molar-refractivity contribution in [2.45, 2.75) is 25.8 Å². The minimum Gasteiger partial charge on any atom is -0.467 e. The highest BCUT2D eigenvalue weighted by molar-refractivity contribution is 6.11. The average molecular weight is 369 g/mol. The van der Waals surface area contributed by atoms with E-state index in [-0.39, 0.29) is 5.56 Å². The number of carbonyl (C=O) groups excluding carboxylic acids is 3. The molecule has 2 amide bonds. The van der Waals surface area contributed by atoms with E-state index in [1.807, 2.05) is 6.92 Å². The molecule has 0 aliphatic carbocycles. The Bertz CT molecular complexity index is 835. The van der Waals surface area contributed by atoms with Crippen molar-refractivity contribution in [3.8, 4) is 0 Å². The Labute approximate surface area is 157 Å². The van der Waals surface area contributed by atoms with Crippen molar-refractivity contribution in [1.82, 2.24) is 5.32 Å². The van der Waals surface area contributed by atoms with Crippen molar-refractivity contribution in [2.75, 3.05) is 18.2 Å². The molecule has 2 rings (SSSR count). The van der Waals surface area contributed by atoms with Crippen LogP contribution in [0.4, 0.5) is 11.4 Å². The zero-order chi connectivity index (χ0) is 19.8. The Morgan fingerprint density at radius 3 is 2.26 bits per heavy atom. The Morgan fingerprint density at radius 2 is 1.63 bits per heavy atom. The molecule has 0 spiro atoms. The van der Waals surface area contributed by atoms with Gasteiger partial charge in [0.05, 0.1) is 23.9 Å². The van der Waals surface area contributed by atoms with E-state index in [1.165, 1.54) is 7.11 Å². The number of carbonyl (C=O) groups is 3. The molecule has 27 heavy (non-hydrogen) atoms. The van der Waals surface area contributed by atoms with E-state index in [1.54, 1.807) is 48.5 Å². The van der Waals surface area contributed by atoms with Crippen LogP contribution in [0.2, 0.25) is 0 Å². The van der Waals surface area contributed by atoms with E-state index < -0.39 is 23.8 Å². The van der Waals surface area contributed by atoms with Crippen LogP contribution >= 0.6 is 0 Å². The number of rotatable bonds is 7. The van der Waals surface area contributed by atoms with Crippen molar-refractivity contribution >= 4 is 29.2 Å². The predicted octanol–water partition coefficient (Wildman–Crippen LogP) is 2.59. The molecule has 0 radical (unpaired) electrons. The predicted molar refractivity (Wildman–Crippen MR) is 103 cm³/mol. The second kappa shape index (κ2) is 9.38. The number of para-hydroxylation sites is 2. The molecule has 1 atom stereocenters. The molecule has 2 aromatic carbocycles. The number of methoxy groups -OCH3 is 1. The van der Waals surface area contributed by atoms with E-state index in [9.17, 15) is 14.4 Å². The topological polar surface area (TPSA) is 111 Å². The second-order valence-electron chi connectivity index (χ2n) is 5.92. The van der Waals surface area contributed by atoms with Crippen molar-refractivity contribution in [3.63, 3.8) is 0 Å². The van der Waals surface area contributed by atoms with E-state index >= 15 is 0 Å². The van der Waals surface area contributed by atoms with Crippen LogP contribution in [-0.4, -0.2) is 30.9 Å². The van der Waals surface area contributed by atoms with Gasteiger partial charge in [-0.3, -0.25) is 9.59 Å². The van der Waals surface area contributed by atoms with Gasteiger partial charge in [-0.2, -0.15) is 0 Å². The number of ether oxygens (including phenoxy) is 1. The number of benzene rings is 2. The largest absolute Gasteiger partial charge is 0.467 e. The summed E-state index contributed by atoms with van der Waals surface area (Å²) in [6.07, 6.45) is 1.15. The summed E-state index contributed by atoms with van der Waals surface area (Å²) in [6, 6.07) is 12.5. The maximum Gasteiger partial charge on any atom is 0.328 e. The summed E-state index contributed by atoms with van der Waals surface area (Å²) in [5.74, 6) is -1.41. The van der Waals surface area contributed by atoms with Crippen LogP contribution < -0.4 is 16.4 Å². The van der Waals surface area contributed by atoms with Crippen molar-refractivity contribution < 1.29 is 19.1 Å². The van der Waals surface area contributed by atoms with Gasteiger partial charge < -0.3 is 21.1 Å². The van der Waals surface area contributed by atoms with Crippen molar-refractivity contribution in [2.24, 2.45) is 0 Å². The number of nitrogens with two attached hydrogens (primary N) is 1. The second-order valence-corrected chi connectivity index (χ2v) is 5.92. The summed E-state index contributed by atoms with van der Waals surface area (Å²) in [5.41, 5.74) is 7.04. The molecule has 4 N–H and O–H groups in total. The molecule has 0 saturated heterocycles. The summed E-state index contributed by atoms with van der Waals surface area (Å²) in [5, 5.41) is 5.36. The number of hydrogen-bond acceptors (Lipinski definition) is 5. The zero-order valence-electron chi connectivity index (χ0n) is 15.3. The number of amides is 2. The molecule has 7 nitrogen and oxygen atoms in total. The Morgan fingerprint density at radius 1 is 1.00 bits per heavy atom. The first-order valence-corrected chi connectivity index (χ1v) is 8.61. The lowest BCUT2D eigenvalue weighted by Gasteiger charge is -2.17. The maximum atomic E-state index is 12.7. The Hall–Kier alpha value is -3.35. The third-order valence-corrected chi connectivity index (χ3v) is 3.99. The highest BCUT2D eigenvalue weighted by Crippen LogP contribution is 2.19. The van der Waals surface area contributed by atoms with Gasteiger partial charge in [-0.15, -0.1) is 0 Å². The van der Waals surface area contributed by atoms with Crippen molar-refractivity contribution in [1.29, 1.82) is 0 Å². The third kappa shape index (κ3) is 5.07. The molecule has 0 aromatic heterocycles. The van der Waals surface area contributed by atoms with Crippen LogP contribution in [-0.2, 0) is 9.53 Å². The van der Waals surface area contributed by atoms with Gasteiger partial charge in [0, 0.05) is 5.69 Å². The normalized spacial score (nSPS) is 11.3. The Kier molecular flexibility index (Phi) is 6.93. The van der Waals surface area contributed by atoms with Crippen LogP contribution in [0.3, 0.4) is 0 Å². The summed E-state index contributed by atoms with van der Waals surface area (Å²) in [4.78, 5) is 37.0. The van der Waals surface area contributed by atoms with Gasteiger partial charge >= 0.3 is 5.97 Å². The summed E-state index contributed by atoms with van der Waals surface area (Å²) in [6.45, 7) is 1.90. The molecule has 0 saturated carbocycles. The molecular formula is C20H23N3O4. The van der Waals surface area contributed by atoms with E-state index in [0.717, 1.165) is 0 Å². The number of esters is 1. The average Bonchev–Trinajstić information content (AvgIpc) is 2.67. The van der Waals surface area contributed by atoms with Gasteiger partial charge in [0.2, 0.25) is 0 Å². The number of hydrogen-bond donors (Lipinski definition) is 3. The molecule has 0 fully saturated rings. The molecule has 7 heteroatoms. The van der Waals surface area contributed by atoms with Gasteiger partial charge in [-0.25, -0.2) is 4.79 Å². The number of nitrogens with one attached hydrogen (secondary N) is 2. The fourth-order valence-corrected chi connectivity index (χ4v) is 2.60. The molecule has 0 aliphatic heterocycles. The van der Waals surface area contributed by atoms with E-state index in [2.05, 4.69) is 10.6 Å². The summed E-state index contributed by atoms with van der Waals surface area (Å²) < 4.78 is 4.73. The zero-order valence-corrected chi connectivity index (χ0v) is 15.3. The van der Waals surface area contributed by atoms with Gasteiger partial charge in [-0.1, -0.05) is 37.6 Å². The molecule has 1 unspecified atom stereocenters. The Balaban J connectivity index is 2.22. The van der Waals surface area contributed by atoms with E-state index in [4.69, 9.17) is 10.5 Å². The van der Waals surface area contributed by atoms with Gasteiger partial charge in [0.25, 0.3) is 11.8 Å². The van der Waals surface area contributed by atoms with Crippen LogP contribution in [0.5, 0.6) is 0 Å². The molecular weight excluding hydrogens is 346 g/mol. The SMILES string of the molecule is CCCC(NC(=O)c1ccccc1NC(=O)c1ccccc1N)C(=O)OC. The van der Waals surface area contributed by atoms with Crippen LogP contribution in [0, 0.1) is 0 Å². The van der Waals surface area contributed by atoms with Crippen LogP contribution in [0.1, 0.15) is 40.5 Å². The highest BCUT2D eigenvalue weighted by Gasteiger charge is 2.23. The first kappa shape index (κ1) is 20.0.